The third-order valence-electron chi connectivity index (χ3n) is 4.39. The van der Waals surface area contributed by atoms with E-state index in [-0.39, 0.29) is 35.9 Å². The van der Waals surface area contributed by atoms with E-state index in [1.165, 1.54) is 0 Å². The lowest BCUT2D eigenvalue weighted by Crippen LogP contribution is -2.46. The molecule has 1 aliphatic heterocycles. The molecule has 0 spiro atoms. The van der Waals surface area contributed by atoms with Gasteiger partial charge in [0.25, 0.3) is 0 Å². The van der Waals surface area contributed by atoms with Crippen LogP contribution in [0.15, 0.2) is 41.9 Å². The third kappa shape index (κ3) is 7.04. The van der Waals surface area contributed by atoms with Crippen LogP contribution in [0.5, 0.6) is 5.75 Å². The summed E-state index contributed by atoms with van der Waals surface area (Å²) < 4.78 is 10.8. The maximum absolute atomic E-state index is 11.9. The average Bonchev–Trinajstić information content (AvgIpc) is 2.68. The molecule has 0 bridgehead atoms. The fourth-order valence-corrected chi connectivity index (χ4v) is 3.03. The zero-order valence-corrected chi connectivity index (χ0v) is 18.5. The molecule has 1 aromatic carbocycles. The molecule has 6 nitrogen and oxygen atoms in total. The number of carbonyl (C=O) groups excluding carboxylic acids is 1. The van der Waals surface area contributed by atoms with Gasteiger partial charge in [-0.15, -0.1) is 24.0 Å². The summed E-state index contributed by atoms with van der Waals surface area (Å²) in [6.45, 7) is 8.65. The number of hydrogen-bond donors (Lipinski definition) is 1. The van der Waals surface area contributed by atoms with Crippen molar-refractivity contribution in [3.05, 3.63) is 42.5 Å². The molecule has 0 saturated carbocycles. The van der Waals surface area contributed by atoms with Crippen molar-refractivity contribution in [1.82, 2.24) is 10.2 Å². The van der Waals surface area contributed by atoms with Crippen LogP contribution in [0.1, 0.15) is 25.3 Å². The number of likely N-dealkylation sites (tertiary alicyclic amines) is 1. The van der Waals surface area contributed by atoms with E-state index in [4.69, 9.17) is 9.47 Å². The number of nitrogens with one attached hydrogen (secondary N) is 1. The van der Waals surface area contributed by atoms with Gasteiger partial charge in [0.15, 0.2) is 5.96 Å². The third-order valence-corrected chi connectivity index (χ3v) is 4.39. The second-order valence-electron chi connectivity index (χ2n) is 6.12. The van der Waals surface area contributed by atoms with Crippen molar-refractivity contribution in [1.29, 1.82) is 0 Å². The first-order chi connectivity index (χ1) is 12.7. The molecule has 2 rings (SSSR count). The smallest absolute Gasteiger partial charge is 0.309 e. The van der Waals surface area contributed by atoms with Gasteiger partial charge in [-0.2, -0.15) is 0 Å². The Kier molecular flexibility index (Phi) is 10.8. The highest BCUT2D eigenvalue weighted by Gasteiger charge is 2.27. The molecule has 0 amide bonds. The molecular formula is C20H30IN3O3. The lowest BCUT2D eigenvalue weighted by Gasteiger charge is -2.33. The molecular weight excluding hydrogens is 457 g/mol. The van der Waals surface area contributed by atoms with Crippen LogP contribution in [0.25, 0.3) is 0 Å². The number of halogens is 1. The lowest BCUT2D eigenvalue weighted by molar-refractivity contribution is -0.149. The lowest BCUT2D eigenvalue weighted by atomic mass is 9.97. The first kappa shape index (κ1) is 23.3. The Labute approximate surface area is 179 Å². The van der Waals surface area contributed by atoms with E-state index < -0.39 is 0 Å². The quantitative estimate of drug-likeness (QED) is 0.211. The number of rotatable bonds is 7. The molecule has 1 aliphatic rings. The summed E-state index contributed by atoms with van der Waals surface area (Å²) in [5.41, 5.74) is 1.07. The second kappa shape index (κ2) is 12.6. The number of esters is 1. The number of para-hydroxylation sites is 1. The van der Waals surface area contributed by atoms with E-state index in [0.29, 0.717) is 19.8 Å². The van der Waals surface area contributed by atoms with Gasteiger partial charge in [0.05, 0.1) is 12.5 Å². The number of piperidine rings is 1. The van der Waals surface area contributed by atoms with E-state index in [1.807, 2.05) is 31.2 Å². The molecule has 150 valence electrons. The molecule has 0 unspecified atom stereocenters. The summed E-state index contributed by atoms with van der Waals surface area (Å²) in [5, 5.41) is 3.40. The van der Waals surface area contributed by atoms with Gasteiger partial charge in [-0.05, 0) is 25.8 Å². The van der Waals surface area contributed by atoms with Crippen molar-refractivity contribution in [3.8, 4) is 5.75 Å². The van der Waals surface area contributed by atoms with Gasteiger partial charge in [-0.3, -0.25) is 9.79 Å². The molecule has 1 N–H and O–H groups in total. The SMILES string of the molecule is C=CCOc1ccccc1CNC(=NC)N1CCC(C(=O)OCC)CC1.I. The minimum absolute atomic E-state index is 0. The summed E-state index contributed by atoms with van der Waals surface area (Å²) in [5.74, 6) is 1.60. The number of guanidine groups is 1. The van der Waals surface area contributed by atoms with Crippen LogP contribution >= 0.6 is 24.0 Å². The van der Waals surface area contributed by atoms with E-state index >= 15 is 0 Å². The minimum atomic E-state index is -0.0802. The van der Waals surface area contributed by atoms with Gasteiger partial charge < -0.3 is 19.7 Å². The number of hydrogen-bond acceptors (Lipinski definition) is 4. The van der Waals surface area contributed by atoms with Gasteiger partial charge in [0.1, 0.15) is 12.4 Å². The first-order valence-electron chi connectivity index (χ1n) is 9.13. The molecule has 1 saturated heterocycles. The highest BCUT2D eigenvalue weighted by atomic mass is 127. The van der Waals surface area contributed by atoms with Crippen LogP contribution < -0.4 is 10.1 Å². The van der Waals surface area contributed by atoms with Crippen LogP contribution in [-0.4, -0.2) is 50.2 Å². The van der Waals surface area contributed by atoms with Crippen molar-refractivity contribution >= 4 is 35.9 Å². The summed E-state index contributed by atoms with van der Waals surface area (Å²) in [4.78, 5) is 18.4. The molecule has 1 heterocycles. The molecule has 7 heteroatoms. The molecule has 0 atom stereocenters. The topological polar surface area (TPSA) is 63.2 Å². The zero-order valence-electron chi connectivity index (χ0n) is 16.1. The molecule has 0 aromatic heterocycles. The van der Waals surface area contributed by atoms with Gasteiger partial charge >= 0.3 is 5.97 Å². The van der Waals surface area contributed by atoms with Crippen molar-refractivity contribution in [2.24, 2.45) is 10.9 Å². The largest absolute Gasteiger partial charge is 0.489 e. The van der Waals surface area contributed by atoms with Crippen LogP contribution in [0, 0.1) is 5.92 Å². The number of carbonyl (C=O) groups is 1. The normalized spacial score (nSPS) is 14.9. The van der Waals surface area contributed by atoms with E-state index in [2.05, 4.69) is 21.8 Å². The van der Waals surface area contributed by atoms with Crippen LogP contribution in [0.3, 0.4) is 0 Å². The summed E-state index contributed by atoms with van der Waals surface area (Å²) in [6, 6.07) is 7.93. The predicted molar refractivity (Wildman–Crippen MR) is 119 cm³/mol. The Morgan fingerprint density at radius 3 is 2.70 bits per heavy atom. The Bertz CT molecular complexity index is 629. The number of ether oxygens (including phenoxy) is 2. The first-order valence-corrected chi connectivity index (χ1v) is 9.13. The maximum atomic E-state index is 11.9. The summed E-state index contributed by atoms with van der Waals surface area (Å²) in [6.07, 6.45) is 3.31. The maximum Gasteiger partial charge on any atom is 0.309 e. The van der Waals surface area contributed by atoms with Gasteiger partial charge in [0.2, 0.25) is 0 Å². The fraction of sp³-hybridized carbons (Fsp3) is 0.500. The Morgan fingerprint density at radius 2 is 2.07 bits per heavy atom. The Balaban J connectivity index is 0.00000364. The second-order valence-corrected chi connectivity index (χ2v) is 6.12. The average molecular weight is 487 g/mol. The van der Waals surface area contributed by atoms with Crippen LogP contribution in [-0.2, 0) is 16.1 Å². The summed E-state index contributed by atoms with van der Waals surface area (Å²) in [7, 11) is 1.78. The minimum Gasteiger partial charge on any atom is -0.489 e. The standard InChI is InChI=1S/C20H29N3O3.HI/c1-4-14-26-18-9-7-6-8-17(18)15-22-20(21-3)23-12-10-16(11-13-23)19(24)25-5-2;/h4,6-9,16H,1,5,10-15H2,2-3H3,(H,21,22);1H. The molecule has 1 fully saturated rings. The number of nitrogens with zero attached hydrogens (tertiary/aromatic N) is 2. The van der Waals surface area contributed by atoms with Gasteiger partial charge in [-0.25, -0.2) is 0 Å². The Hall–Kier alpha value is -1.77. The monoisotopic (exact) mass is 487 g/mol. The van der Waals surface area contributed by atoms with Crippen LogP contribution in [0.2, 0.25) is 0 Å². The van der Waals surface area contributed by atoms with E-state index in [9.17, 15) is 4.79 Å². The van der Waals surface area contributed by atoms with Crippen molar-refractivity contribution in [2.75, 3.05) is 33.4 Å². The van der Waals surface area contributed by atoms with Gasteiger partial charge in [0, 0.05) is 32.2 Å². The number of aliphatic imine (C=N–C) groups is 1. The van der Waals surface area contributed by atoms with Crippen molar-refractivity contribution in [2.45, 2.75) is 26.3 Å². The number of benzene rings is 1. The molecule has 0 aliphatic carbocycles. The molecule has 1 aromatic rings. The fourth-order valence-electron chi connectivity index (χ4n) is 3.03. The van der Waals surface area contributed by atoms with Crippen molar-refractivity contribution in [3.63, 3.8) is 0 Å². The Morgan fingerprint density at radius 1 is 1.37 bits per heavy atom. The predicted octanol–water partition coefficient (Wildman–Crippen LogP) is 3.22. The van der Waals surface area contributed by atoms with Crippen molar-refractivity contribution < 1.29 is 14.3 Å². The van der Waals surface area contributed by atoms with E-state index in [0.717, 1.165) is 43.2 Å². The molecule has 0 radical (unpaired) electrons. The van der Waals surface area contributed by atoms with E-state index in [1.54, 1.807) is 13.1 Å². The van der Waals surface area contributed by atoms with Crippen LogP contribution in [0.4, 0.5) is 0 Å². The highest BCUT2D eigenvalue weighted by molar-refractivity contribution is 14.0. The van der Waals surface area contributed by atoms with Gasteiger partial charge in [-0.1, -0.05) is 30.9 Å². The zero-order chi connectivity index (χ0) is 18.8. The molecule has 27 heavy (non-hydrogen) atoms. The highest BCUT2D eigenvalue weighted by Crippen LogP contribution is 2.20. The summed E-state index contributed by atoms with van der Waals surface area (Å²) >= 11 is 0.